The molecule has 1 aromatic heterocycles. The number of aromatic amines is 2. The molecular formula is C15H12ClN3O4S. The monoisotopic (exact) mass is 365 g/mol. The molecule has 0 unspecified atom stereocenters. The SMILES string of the molecule is CS(=O)(=O)c1cc(C(=O)Nc2ccc3[nH]c(=O)[nH]c3c2)ccc1Cl. The zero-order valence-corrected chi connectivity index (χ0v) is 14.0. The minimum Gasteiger partial charge on any atom is -0.322 e. The van der Waals surface area contributed by atoms with E-state index < -0.39 is 15.7 Å². The summed E-state index contributed by atoms with van der Waals surface area (Å²) < 4.78 is 23.4. The van der Waals surface area contributed by atoms with Gasteiger partial charge in [0.1, 0.15) is 0 Å². The number of hydrogen-bond acceptors (Lipinski definition) is 4. The van der Waals surface area contributed by atoms with E-state index in [1.165, 1.54) is 18.2 Å². The lowest BCUT2D eigenvalue weighted by atomic mass is 10.2. The van der Waals surface area contributed by atoms with Crippen LogP contribution in [0.15, 0.2) is 46.1 Å². The van der Waals surface area contributed by atoms with E-state index in [1.807, 2.05) is 0 Å². The Balaban J connectivity index is 1.92. The first kappa shape index (κ1) is 16.3. The lowest BCUT2D eigenvalue weighted by molar-refractivity contribution is 0.102. The topological polar surface area (TPSA) is 112 Å². The number of carbonyl (C=O) groups is 1. The fourth-order valence-electron chi connectivity index (χ4n) is 2.24. The smallest absolute Gasteiger partial charge is 0.322 e. The summed E-state index contributed by atoms with van der Waals surface area (Å²) in [6.45, 7) is 0. The molecule has 0 aliphatic carbocycles. The fraction of sp³-hybridized carbons (Fsp3) is 0.0667. The van der Waals surface area contributed by atoms with Crippen LogP contribution < -0.4 is 11.0 Å². The van der Waals surface area contributed by atoms with Crippen LogP contribution in [0, 0.1) is 0 Å². The molecule has 0 saturated heterocycles. The van der Waals surface area contributed by atoms with Crippen LogP contribution in [0.2, 0.25) is 5.02 Å². The molecule has 0 radical (unpaired) electrons. The minimum atomic E-state index is -3.54. The standard InChI is InChI=1S/C15H12ClN3O4S/c1-24(22,23)13-6-8(2-4-10(13)16)14(20)17-9-3-5-11-12(7-9)19-15(21)18-11/h2-7H,1H3,(H,17,20)(H2,18,19,21). The normalized spacial score (nSPS) is 11.6. The van der Waals surface area contributed by atoms with E-state index in [2.05, 4.69) is 15.3 Å². The summed E-state index contributed by atoms with van der Waals surface area (Å²) in [4.78, 5) is 28.6. The quantitative estimate of drug-likeness (QED) is 0.660. The van der Waals surface area contributed by atoms with Crippen molar-refractivity contribution in [2.75, 3.05) is 11.6 Å². The van der Waals surface area contributed by atoms with Gasteiger partial charge < -0.3 is 15.3 Å². The number of rotatable bonds is 3. The van der Waals surface area contributed by atoms with Crippen LogP contribution in [0.4, 0.5) is 5.69 Å². The van der Waals surface area contributed by atoms with E-state index in [0.29, 0.717) is 16.7 Å². The molecule has 1 amide bonds. The van der Waals surface area contributed by atoms with Crippen LogP contribution in [0.25, 0.3) is 11.0 Å². The molecular weight excluding hydrogens is 354 g/mol. The van der Waals surface area contributed by atoms with Crippen LogP contribution in [0.5, 0.6) is 0 Å². The molecule has 0 fully saturated rings. The van der Waals surface area contributed by atoms with Gasteiger partial charge in [-0.25, -0.2) is 13.2 Å². The Bertz CT molecular complexity index is 1120. The number of fused-ring (bicyclic) bond motifs is 1. The summed E-state index contributed by atoms with van der Waals surface area (Å²) >= 11 is 5.87. The van der Waals surface area contributed by atoms with Gasteiger partial charge in [-0.15, -0.1) is 0 Å². The van der Waals surface area contributed by atoms with Crippen LogP contribution >= 0.6 is 11.6 Å². The van der Waals surface area contributed by atoms with Gasteiger partial charge in [-0.1, -0.05) is 11.6 Å². The minimum absolute atomic E-state index is 0.0559. The third-order valence-corrected chi connectivity index (χ3v) is 4.95. The number of anilines is 1. The van der Waals surface area contributed by atoms with Crippen molar-refractivity contribution >= 4 is 44.1 Å². The van der Waals surface area contributed by atoms with E-state index in [-0.39, 0.29) is 21.2 Å². The second-order valence-electron chi connectivity index (χ2n) is 5.21. The molecule has 3 rings (SSSR count). The van der Waals surface area contributed by atoms with Gasteiger partial charge in [0, 0.05) is 17.5 Å². The highest BCUT2D eigenvalue weighted by Gasteiger charge is 2.16. The van der Waals surface area contributed by atoms with Crippen molar-refractivity contribution in [1.82, 2.24) is 9.97 Å². The molecule has 0 aliphatic rings. The predicted octanol–water partition coefficient (Wildman–Crippen LogP) is 2.17. The highest BCUT2D eigenvalue weighted by atomic mass is 35.5. The first-order valence-corrected chi connectivity index (χ1v) is 9.04. The van der Waals surface area contributed by atoms with Crippen molar-refractivity contribution in [3.05, 3.63) is 57.5 Å². The maximum atomic E-state index is 12.3. The molecule has 0 aliphatic heterocycles. The Hall–Kier alpha value is -2.58. The maximum absolute atomic E-state index is 12.3. The molecule has 3 aromatic rings. The van der Waals surface area contributed by atoms with Gasteiger partial charge in [-0.3, -0.25) is 4.79 Å². The van der Waals surface area contributed by atoms with Gasteiger partial charge in [0.15, 0.2) is 9.84 Å². The number of aromatic nitrogens is 2. The summed E-state index contributed by atoms with van der Waals surface area (Å²) in [5.74, 6) is -0.492. The number of sulfone groups is 1. The van der Waals surface area contributed by atoms with Crippen LogP contribution in [0.1, 0.15) is 10.4 Å². The van der Waals surface area contributed by atoms with Gasteiger partial charge >= 0.3 is 5.69 Å². The molecule has 9 heteroatoms. The highest BCUT2D eigenvalue weighted by molar-refractivity contribution is 7.90. The van der Waals surface area contributed by atoms with Gasteiger partial charge in [-0.05, 0) is 36.4 Å². The molecule has 0 spiro atoms. The number of halogens is 1. The van der Waals surface area contributed by atoms with Gasteiger partial charge in [0.05, 0.1) is 21.0 Å². The van der Waals surface area contributed by atoms with Crippen molar-refractivity contribution in [1.29, 1.82) is 0 Å². The Morgan fingerprint density at radius 3 is 2.50 bits per heavy atom. The van der Waals surface area contributed by atoms with Crippen molar-refractivity contribution < 1.29 is 13.2 Å². The summed E-state index contributed by atoms with van der Waals surface area (Å²) in [5.41, 5.74) is 1.43. The largest absolute Gasteiger partial charge is 0.323 e. The van der Waals surface area contributed by atoms with Crippen molar-refractivity contribution in [3.63, 3.8) is 0 Å². The summed E-state index contributed by atoms with van der Waals surface area (Å²) in [5, 5.41) is 2.70. The van der Waals surface area contributed by atoms with Crippen LogP contribution in [0.3, 0.4) is 0 Å². The predicted molar refractivity (Wildman–Crippen MR) is 91.4 cm³/mol. The maximum Gasteiger partial charge on any atom is 0.323 e. The molecule has 2 aromatic carbocycles. The second kappa shape index (κ2) is 5.81. The molecule has 1 heterocycles. The first-order valence-electron chi connectivity index (χ1n) is 6.77. The van der Waals surface area contributed by atoms with E-state index in [4.69, 9.17) is 11.6 Å². The van der Waals surface area contributed by atoms with Gasteiger partial charge in [0.2, 0.25) is 0 Å². The Kier molecular flexibility index (Phi) is 3.94. The van der Waals surface area contributed by atoms with Crippen molar-refractivity contribution in [3.8, 4) is 0 Å². The lowest BCUT2D eigenvalue weighted by Crippen LogP contribution is -2.13. The molecule has 3 N–H and O–H groups in total. The second-order valence-corrected chi connectivity index (χ2v) is 7.60. The molecule has 0 atom stereocenters. The van der Waals surface area contributed by atoms with Crippen LogP contribution in [-0.4, -0.2) is 30.5 Å². The average molecular weight is 366 g/mol. The number of imidazole rings is 1. The zero-order chi connectivity index (χ0) is 17.5. The van der Waals surface area contributed by atoms with E-state index in [9.17, 15) is 18.0 Å². The summed E-state index contributed by atoms with van der Waals surface area (Å²) in [6, 6.07) is 8.88. The van der Waals surface area contributed by atoms with E-state index in [1.54, 1.807) is 18.2 Å². The number of hydrogen-bond donors (Lipinski definition) is 3. The molecule has 0 bridgehead atoms. The number of nitrogens with one attached hydrogen (secondary N) is 3. The third-order valence-electron chi connectivity index (χ3n) is 3.37. The molecule has 0 saturated carbocycles. The number of H-pyrrole nitrogens is 2. The fourth-order valence-corrected chi connectivity index (χ4v) is 3.54. The van der Waals surface area contributed by atoms with E-state index >= 15 is 0 Å². The third kappa shape index (κ3) is 3.19. The van der Waals surface area contributed by atoms with Crippen molar-refractivity contribution in [2.24, 2.45) is 0 Å². The lowest BCUT2D eigenvalue weighted by Gasteiger charge is -2.08. The number of amides is 1. The average Bonchev–Trinajstić information content (AvgIpc) is 2.85. The number of carbonyl (C=O) groups excluding carboxylic acids is 1. The highest BCUT2D eigenvalue weighted by Crippen LogP contribution is 2.23. The Morgan fingerprint density at radius 2 is 1.79 bits per heavy atom. The molecule has 7 nitrogen and oxygen atoms in total. The van der Waals surface area contributed by atoms with Gasteiger partial charge in [0.25, 0.3) is 5.91 Å². The van der Waals surface area contributed by atoms with E-state index in [0.717, 1.165) is 6.26 Å². The Labute approximate surface area is 141 Å². The Morgan fingerprint density at radius 1 is 1.08 bits per heavy atom. The molecule has 124 valence electrons. The van der Waals surface area contributed by atoms with Gasteiger partial charge in [-0.2, -0.15) is 0 Å². The summed E-state index contributed by atoms with van der Waals surface area (Å²) in [7, 11) is -3.54. The molecule has 24 heavy (non-hydrogen) atoms. The van der Waals surface area contributed by atoms with Crippen LogP contribution in [-0.2, 0) is 9.84 Å². The summed E-state index contributed by atoms with van der Waals surface area (Å²) in [6.07, 6.45) is 1.02. The first-order chi connectivity index (χ1) is 11.2. The zero-order valence-electron chi connectivity index (χ0n) is 12.4. The number of benzene rings is 2. The van der Waals surface area contributed by atoms with Crippen molar-refractivity contribution in [2.45, 2.75) is 4.90 Å².